The summed E-state index contributed by atoms with van der Waals surface area (Å²) in [5, 5.41) is 22.1. The molecular weight excluding hydrogens is 540 g/mol. The second-order valence-electron chi connectivity index (χ2n) is 11.8. The summed E-state index contributed by atoms with van der Waals surface area (Å²) in [6.45, 7) is 9.67. The van der Waals surface area contributed by atoms with Crippen molar-refractivity contribution in [3.8, 4) is 0 Å². The lowest BCUT2D eigenvalue weighted by molar-refractivity contribution is -0.134. The van der Waals surface area contributed by atoms with E-state index in [-0.39, 0.29) is 24.7 Å². The van der Waals surface area contributed by atoms with Crippen molar-refractivity contribution < 1.29 is 19.5 Å². The number of nitrogens with one attached hydrogen (secondary N) is 4. The van der Waals surface area contributed by atoms with Crippen LogP contribution in [0.15, 0.2) is 54.4 Å². The number of aromatic amines is 1. The average molecular weight is 583 g/mol. The quantitative estimate of drug-likeness (QED) is 0.197. The highest BCUT2D eigenvalue weighted by Crippen LogP contribution is 2.24. The third kappa shape index (κ3) is 10.7. The van der Waals surface area contributed by atoms with Crippen molar-refractivity contribution in [2.45, 2.75) is 84.0 Å². The van der Waals surface area contributed by atoms with Crippen molar-refractivity contribution in [2.24, 2.45) is 11.8 Å². The molecule has 3 rings (SSSR count). The van der Waals surface area contributed by atoms with Crippen LogP contribution in [0.25, 0.3) is 0 Å². The van der Waals surface area contributed by atoms with Crippen LogP contribution in [0.3, 0.4) is 0 Å². The highest BCUT2D eigenvalue weighted by atomic mass is 32.1. The van der Waals surface area contributed by atoms with Gasteiger partial charge in [-0.2, -0.15) is 0 Å². The minimum atomic E-state index is -0.991. The third-order valence-corrected chi connectivity index (χ3v) is 7.23. The fraction of sp³-hybridized carbons (Fsp3) is 0.500. The van der Waals surface area contributed by atoms with Crippen LogP contribution in [-0.4, -0.2) is 55.4 Å². The van der Waals surface area contributed by atoms with Gasteiger partial charge in [0.05, 0.1) is 24.0 Å². The average Bonchev–Trinajstić information content (AvgIpc) is 3.61. The molecule has 0 aliphatic rings. The molecule has 0 saturated carbocycles. The van der Waals surface area contributed by atoms with Crippen LogP contribution in [0.4, 0.5) is 0 Å². The van der Waals surface area contributed by atoms with E-state index < -0.39 is 41.5 Å². The molecule has 0 radical (unpaired) electrons. The number of aliphatic hydroxyl groups is 1. The lowest BCUT2D eigenvalue weighted by Crippen LogP contribution is -2.53. The number of rotatable bonds is 14. The minimum Gasteiger partial charge on any atom is -0.384 e. The Labute approximate surface area is 245 Å². The zero-order valence-corrected chi connectivity index (χ0v) is 25.2. The summed E-state index contributed by atoms with van der Waals surface area (Å²) < 4.78 is 0. The number of benzene rings is 1. The maximum Gasteiger partial charge on any atom is 0.243 e. The molecular formula is C30H42N6O4S. The molecule has 0 aliphatic heterocycles. The number of hydrogen-bond acceptors (Lipinski definition) is 7. The van der Waals surface area contributed by atoms with E-state index in [4.69, 9.17) is 0 Å². The van der Waals surface area contributed by atoms with Gasteiger partial charge in [-0.15, -0.1) is 11.3 Å². The van der Waals surface area contributed by atoms with Gasteiger partial charge in [-0.1, -0.05) is 44.2 Å². The van der Waals surface area contributed by atoms with E-state index >= 15 is 0 Å². The normalized spacial score (nSPS) is 14.6. The highest BCUT2D eigenvalue weighted by molar-refractivity contribution is 7.09. The van der Waals surface area contributed by atoms with E-state index in [0.717, 1.165) is 5.56 Å². The molecule has 4 atom stereocenters. The number of thiazole rings is 1. The molecule has 0 aliphatic carbocycles. The molecule has 0 spiro atoms. The van der Waals surface area contributed by atoms with Crippen molar-refractivity contribution in [1.29, 1.82) is 0 Å². The zero-order chi connectivity index (χ0) is 30.0. The maximum atomic E-state index is 13.7. The van der Waals surface area contributed by atoms with Crippen LogP contribution in [0, 0.1) is 11.8 Å². The Morgan fingerprint density at radius 1 is 1.02 bits per heavy atom. The molecule has 222 valence electrons. The number of carbonyl (C=O) groups excluding carboxylic acids is 3. The molecule has 3 amide bonds. The monoisotopic (exact) mass is 582 g/mol. The SMILES string of the molecule is CC(C)C[C@H](NC(=O)[C@H](Cc1c[nH]cn1)NC(=O)[C@@H](CC(=O)NC(C)(C)C)Cc1ccccc1)[C@@H](O)c1nccs1. The van der Waals surface area contributed by atoms with Crippen molar-refractivity contribution in [3.63, 3.8) is 0 Å². The Balaban J connectivity index is 1.82. The van der Waals surface area contributed by atoms with Gasteiger partial charge in [-0.25, -0.2) is 9.97 Å². The maximum absolute atomic E-state index is 13.7. The van der Waals surface area contributed by atoms with Gasteiger partial charge in [0.2, 0.25) is 17.7 Å². The number of amides is 3. The molecule has 11 heteroatoms. The third-order valence-electron chi connectivity index (χ3n) is 6.38. The van der Waals surface area contributed by atoms with Crippen molar-refractivity contribution in [3.05, 3.63) is 70.7 Å². The number of carbonyl (C=O) groups is 3. The van der Waals surface area contributed by atoms with Gasteiger partial charge in [-0.05, 0) is 45.1 Å². The fourth-order valence-corrected chi connectivity index (χ4v) is 5.26. The Bertz CT molecular complexity index is 1230. The zero-order valence-electron chi connectivity index (χ0n) is 24.4. The standard InChI is InChI=1S/C30H42N6O4S/c1-19(2)13-23(26(38)29-32-11-12-41-29)34-28(40)24(16-22-17-31-18-33-22)35-27(39)21(14-20-9-7-6-8-10-20)15-25(37)36-30(3,4)5/h6-12,17-19,21,23-24,26,38H,13-16H2,1-5H3,(H,31,33)(H,34,40)(H,35,39)(H,36,37)/t21-,23+,24+,26-/m1/s1. The Kier molecular flexibility index (Phi) is 11.6. The summed E-state index contributed by atoms with van der Waals surface area (Å²) in [5.41, 5.74) is 1.06. The summed E-state index contributed by atoms with van der Waals surface area (Å²) in [4.78, 5) is 51.6. The van der Waals surface area contributed by atoms with Crippen LogP contribution in [-0.2, 0) is 27.2 Å². The van der Waals surface area contributed by atoms with Crippen molar-refractivity contribution >= 4 is 29.1 Å². The number of imidazole rings is 1. The first kappa shape index (κ1) is 32.0. The summed E-state index contributed by atoms with van der Waals surface area (Å²) in [5.74, 6) is -1.62. The molecule has 1 aromatic carbocycles. The van der Waals surface area contributed by atoms with Crippen LogP contribution in [0.2, 0.25) is 0 Å². The largest absolute Gasteiger partial charge is 0.384 e. The Morgan fingerprint density at radius 3 is 2.34 bits per heavy atom. The van der Waals surface area contributed by atoms with Crippen LogP contribution < -0.4 is 16.0 Å². The molecule has 0 bridgehead atoms. The van der Waals surface area contributed by atoms with Gasteiger partial charge in [0.1, 0.15) is 17.2 Å². The van der Waals surface area contributed by atoms with E-state index in [1.54, 1.807) is 17.8 Å². The fourth-order valence-electron chi connectivity index (χ4n) is 4.57. The topological polar surface area (TPSA) is 149 Å². The van der Waals surface area contributed by atoms with E-state index in [2.05, 4.69) is 30.9 Å². The predicted molar refractivity (Wildman–Crippen MR) is 159 cm³/mol. The number of hydrogen-bond donors (Lipinski definition) is 5. The molecule has 5 N–H and O–H groups in total. The lowest BCUT2D eigenvalue weighted by Gasteiger charge is -2.28. The highest BCUT2D eigenvalue weighted by Gasteiger charge is 2.32. The van der Waals surface area contributed by atoms with Gasteiger partial charge < -0.3 is 26.0 Å². The smallest absolute Gasteiger partial charge is 0.243 e. The molecule has 2 aromatic heterocycles. The first-order valence-corrected chi connectivity index (χ1v) is 14.8. The summed E-state index contributed by atoms with van der Waals surface area (Å²) >= 11 is 1.32. The molecule has 0 fully saturated rings. The Hall–Kier alpha value is -3.57. The Morgan fingerprint density at radius 2 is 1.76 bits per heavy atom. The minimum absolute atomic E-state index is 0.0342. The first-order chi connectivity index (χ1) is 19.4. The van der Waals surface area contributed by atoms with E-state index in [1.165, 1.54) is 17.7 Å². The summed E-state index contributed by atoms with van der Waals surface area (Å²) in [7, 11) is 0. The summed E-state index contributed by atoms with van der Waals surface area (Å²) in [6, 6.07) is 7.89. The number of aliphatic hydroxyl groups excluding tert-OH is 1. The van der Waals surface area contributed by atoms with Crippen LogP contribution in [0.5, 0.6) is 0 Å². The lowest BCUT2D eigenvalue weighted by atomic mass is 9.93. The summed E-state index contributed by atoms with van der Waals surface area (Å²) in [6.07, 6.45) is 4.74. The van der Waals surface area contributed by atoms with Gasteiger partial charge >= 0.3 is 0 Å². The number of nitrogens with zero attached hydrogens (tertiary/aromatic N) is 2. The van der Waals surface area contributed by atoms with E-state index in [0.29, 0.717) is 23.5 Å². The second kappa shape index (κ2) is 14.9. The van der Waals surface area contributed by atoms with Crippen molar-refractivity contribution in [2.75, 3.05) is 0 Å². The van der Waals surface area contributed by atoms with Gasteiger partial charge in [0.15, 0.2) is 0 Å². The number of aromatic nitrogens is 3. The van der Waals surface area contributed by atoms with Gasteiger partial charge in [-0.3, -0.25) is 14.4 Å². The van der Waals surface area contributed by atoms with Crippen molar-refractivity contribution in [1.82, 2.24) is 30.9 Å². The molecule has 3 aromatic rings. The molecule has 41 heavy (non-hydrogen) atoms. The predicted octanol–water partition coefficient (Wildman–Crippen LogP) is 3.32. The van der Waals surface area contributed by atoms with Crippen LogP contribution >= 0.6 is 11.3 Å². The molecule has 2 heterocycles. The molecule has 0 saturated heterocycles. The van der Waals surface area contributed by atoms with Gasteiger partial charge in [0, 0.05) is 36.2 Å². The second-order valence-corrected chi connectivity index (χ2v) is 12.7. The molecule has 0 unspecified atom stereocenters. The van der Waals surface area contributed by atoms with Crippen LogP contribution in [0.1, 0.15) is 69.8 Å². The number of H-pyrrole nitrogens is 1. The molecule has 10 nitrogen and oxygen atoms in total. The van der Waals surface area contributed by atoms with E-state index in [9.17, 15) is 19.5 Å². The van der Waals surface area contributed by atoms with Gasteiger partial charge in [0.25, 0.3) is 0 Å². The first-order valence-electron chi connectivity index (χ1n) is 13.9. The van der Waals surface area contributed by atoms with E-state index in [1.807, 2.05) is 65.0 Å².